The number of halogens is 1. The molecule has 0 aliphatic carbocycles. The Balaban J connectivity index is 2.96. The molecular weight excluding hydrogens is 298 g/mol. The van der Waals surface area contributed by atoms with Gasteiger partial charge in [-0.25, -0.2) is 12.7 Å². The van der Waals surface area contributed by atoms with Gasteiger partial charge >= 0.3 is 0 Å². The molecule has 0 aliphatic rings. The third-order valence-electron chi connectivity index (χ3n) is 2.83. The van der Waals surface area contributed by atoms with Gasteiger partial charge in [-0.2, -0.15) is 5.26 Å². The number of sulfonamides is 1. The van der Waals surface area contributed by atoms with E-state index in [0.29, 0.717) is 6.54 Å². The Morgan fingerprint density at radius 2 is 1.90 bits per heavy atom. The summed E-state index contributed by atoms with van der Waals surface area (Å²) in [6.07, 6.45) is 0.721. The lowest BCUT2D eigenvalue weighted by Crippen LogP contribution is -2.30. The van der Waals surface area contributed by atoms with E-state index >= 15 is 0 Å². The number of hydrogen-bond acceptors (Lipinski definition) is 4. The number of rotatable bonds is 6. The molecule has 20 heavy (non-hydrogen) atoms. The Bertz CT molecular complexity index is 609. The quantitative estimate of drug-likeness (QED) is 0.802. The van der Waals surface area contributed by atoms with Gasteiger partial charge in [0.05, 0.1) is 16.7 Å². The molecule has 0 N–H and O–H groups in total. The highest BCUT2D eigenvalue weighted by atomic mass is 35.5. The molecule has 0 atom stereocenters. The Kier molecular flexibility index (Phi) is 5.96. The Morgan fingerprint density at radius 1 is 1.25 bits per heavy atom. The standard InChI is InChI=1S/C13H18ClN3O2S/c1-16(2)7-4-8-17(3)20(18,19)13-9-11(10-15)5-6-12(13)14/h5-6,9H,4,7-8H2,1-3H3. The van der Waals surface area contributed by atoms with Crippen molar-refractivity contribution in [2.24, 2.45) is 0 Å². The normalized spacial score (nSPS) is 11.8. The molecule has 7 heteroatoms. The molecule has 0 saturated carbocycles. The predicted octanol–water partition coefficient (Wildman–Crippen LogP) is 1.78. The van der Waals surface area contributed by atoms with Gasteiger partial charge in [0.15, 0.2) is 0 Å². The van der Waals surface area contributed by atoms with Gasteiger partial charge in [-0.1, -0.05) is 11.6 Å². The zero-order valence-corrected chi connectivity index (χ0v) is 13.4. The second-order valence-electron chi connectivity index (χ2n) is 4.74. The van der Waals surface area contributed by atoms with Gasteiger partial charge < -0.3 is 4.90 Å². The van der Waals surface area contributed by atoms with E-state index in [1.807, 2.05) is 25.1 Å². The van der Waals surface area contributed by atoms with Crippen LogP contribution in [0.2, 0.25) is 5.02 Å². The largest absolute Gasteiger partial charge is 0.309 e. The summed E-state index contributed by atoms with van der Waals surface area (Å²) in [5.41, 5.74) is 0.273. The van der Waals surface area contributed by atoms with Crippen LogP contribution in [0.15, 0.2) is 23.1 Å². The SMILES string of the molecule is CN(C)CCCN(C)S(=O)(=O)c1cc(C#N)ccc1Cl. The fraction of sp³-hybridized carbons (Fsp3) is 0.462. The molecule has 0 aliphatic heterocycles. The van der Waals surface area contributed by atoms with Crippen molar-refractivity contribution in [2.45, 2.75) is 11.3 Å². The number of nitriles is 1. The van der Waals surface area contributed by atoms with E-state index in [1.165, 1.54) is 29.6 Å². The third-order valence-corrected chi connectivity index (χ3v) is 5.17. The smallest absolute Gasteiger partial charge is 0.244 e. The molecule has 0 unspecified atom stereocenters. The minimum Gasteiger partial charge on any atom is -0.309 e. The van der Waals surface area contributed by atoms with Crippen LogP contribution in [-0.4, -0.2) is 51.9 Å². The van der Waals surface area contributed by atoms with Crippen molar-refractivity contribution in [2.75, 3.05) is 34.2 Å². The summed E-state index contributed by atoms with van der Waals surface area (Å²) in [7, 11) is 1.71. The molecule has 0 amide bonds. The van der Waals surface area contributed by atoms with E-state index in [9.17, 15) is 8.42 Å². The molecule has 0 saturated heterocycles. The van der Waals surface area contributed by atoms with Gasteiger partial charge in [-0.15, -0.1) is 0 Å². The Hall–Kier alpha value is -1.13. The fourth-order valence-corrected chi connectivity index (χ4v) is 3.37. The first kappa shape index (κ1) is 16.9. The second kappa shape index (κ2) is 7.04. The molecule has 0 radical (unpaired) electrons. The summed E-state index contributed by atoms with van der Waals surface area (Å²) in [6, 6.07) is 6.15. The van der Waals surface area contributed by atoms with Crippen LogP contribution < -0.4 is 0 Å². The summed E-state index contributed by atoms with van der Waals surface area (Å²) < 4.78 is 26.1. The zero-order chi connectivity index (χ0) is 15.3. The van der Waals surface area contributed by atoms with Gasteiger partial charge in [-0.3, -0.25) is 0 Å². The van der Waals surface area contributed by atoms with E-state index in [0.717, 1.165) is 13.0 Å². The van der Waals surface area contributed by atoms with E-state index < -0.39 is 10.0 Å². The maximum atomic E-state index is 12.4. The lowest BCUT2D eigenvalue weighted by atomic mass is 10.2. The summed E-state index contributed by atoms with van der Waals surface area (Å²) >= 11 is 5.94. The highest BCUT2D eigenvalue weighted by molar-refractivity contribution is 7.89. The molecule has 1 rings (SSSR count). The molecule has 0 spiro atoms. The first-order valence-electron chi connectivity index (χ1n) is 6.09. The highest BCUT2D eigenvalue weighted by Crippen LogP contribution is 2.25. The molecular formula is C13H18ClN3O2S. The number of hydrogen-bond donors (Lipinski definition) is 0. The first-order chi connectivity index (χ1) is 9.28. The van der Waals surface area contributed by atoms with Crippen molar-refractivity contribution in [3.63, 3.8) is 0 Å². The van der Waals surface area contributed by atoms with Crippen LogP contribution in [0.3, 0.4) is 0 Å². The average Bonchev–Trinajstić information content (AvgIpc) is 2.38. The van der Waals surface area contributed by atoms with Crippen LogP contribution in [-0.2, 0) is 10.0 Å². The predicted molar refractivity (Wildman–Crippen MR) is 79.2 cm³/mol. The molecule has 0 aromatic heterocycles. The molecule has 5 nitrogen and oxygen atoms in total. The van der Waals surface area contributed by atoms with E-state index in [4.69, 9.17) is 16.9 Å². The van der Waals surface area contributed by atoms with Crippen molar-refractivity contribution >= 4 is 21.6 Å². The fourth-order valence-electron chi connectivity index (χ4n) is 1.67. The molecule has 1 aromatic carbocycles. The second-order valence-corrected chi connectivity index (χ2v) is 7.16. The van der Waals surface area contributed by atoms with Crippen molar-refractivity contribution in [3.05, 3.63) is 28.8 Å². The average molecular weight is 316 g/mol. The topological polar surface area (TPSA) is 64.4 Å². The van der Waals surface area contributed by atoms with Gasteiger partial charge in [0.25, 0.3) is 0 Å². The minimum absolute atomic E-state index is 0.0226. The maximum absolute atomic E-state index is 12.4. The monoisotopic (exact) mass is 315 g/mol. The third kappa shape index (κ3) is 4.18. The maximum Gasteiger partial charge on any atom is 0.244 e. The van der Waals surface area contributed by atoms with Crippen LogP contribution in [0.4, 0.5) is 0 Å². The van der Waals surface area contributed by atoms with E-state index in [1.54, 1.807) is 0 Å². The van der Waals surface area contributed by atoms with Gasteiger partial charge in [0.1, 0.15) is 4.90 Å². The van der Waals surface area contributed by atoms with Crippen molar-refractivity contribution < 1.29 is 8.42 Å². The Labute approximate surface area is 125 Å². The van der Waals surface area contributed by atoms with Crippen LogP contribution in [0.1, 0.15) is 12.0 Å². The van der Waals surface area contributed by atoms with Crippen molar-refractivity contribution in [1.82, 2.24) is 9.21 Å². The summed E-state index contributed by atoms with van der Waals surface area (Å²) in [5.74, 6) is 0. The van der Waals surface area contributed by atoms with Crippen LogP contribution in [0.5, 0.6) is 0 Å². The molecule has 110 valence electrons. The lowest BCUT2D eigenvalue weighted by molar-refractivity contribution is 0.370. The van der Waals surface area contributed by atoms with E-state index in [2.05, 4.69) is 0 Å². The lowest BCUT2D eigenvalue weighted by Gasteiger charge is -2.19. The molecule has 1 aromatic rings. The highest BCUT2D eigenvalue weighted by Gasteiger charge is 2.23. The van der Waals surface area contributed by atoms with Gasteiger partial charge in [-0.05, 0) is 45.3 Å². The molecule has 0 heterocycles. The zero-order valence-electron chi connectivity index (χ0n) is 11.8. The van der Waals surface area contributed by atoms with Crippen LogP contribution in [0, 0.1) is 11.3 Å². The number of benzene rings is 1. The molecule has 0 bridgehead atoms. The summed E-state index contributed by atoms with van der Waals surface area (Å²) in [4.78, 5) is 1.97. The minimum atomic E-state index is -3.67. The summed E-state index contributed by atoms with van der Waals surface area (Å²) in [6.45, 7) is 1.19. The summed E-state index contributed by atoms with van der Waals surface area (Å²) in [5, 5.41) is 8.98. The van der Waals surface area contributed by atoms with Crippen molar-refractivity contribution in [1.29, 1.82) is 5.26 Å². The van der Waals surface area contributed by atoms with Crippen molar-refractivity contribution in [3.8, 4) is 6.07 Å². The van der Waals surface area contributed by atoms with Crippen LogP contribution >= 0.6 is 11.6 Å². The first-order valence-corrected chi connectivity index (χ1v) is 7.91. The number of nitrogens with zero attached hydrogens (tertiary/aromatic N) is 3. The Morgan fingerprint density at radius 3 is 2.45 bits per heavy atom. The van der Waals surface area contributed by atoms with Gasteiger partial charge in [0.2, 0.25) is 10.0 Å². The molecule has 0 fully saturated rings. The van der Waals surface area contributed by atoms with E-state index in [-0.39, 0.29) is 15.5 Å². The van der Waals surface area contributed by atoms with Gasteiger partial charge in [0, 0.05) is 13.6 Å². The van der Waals surface area contributed by atoms with Crippen LogP contribution in [0.25, 0.3) is 0 Å².